The first-order valence-corrected chi connectivity index (χ1v) is 7.48. The third kappa shape index (κ3) is 4.25. The molecule has 0 bridgehead atoms. The number of pyridine rings is 1. The summed E-state index contributed by atoms with van der Waals surface area (Å²) in [5, 5.41) is 3.22. The molecule has 1 aliphatic heterocycles. The van der Waals surface area contributed by atoms with E-state index in [9.17, 15) is 4.79 Å². The highest BCUT2D eigenvalue weighted by atomic mass is 16.5. The van der Waals surface area contributed by atoms with Gasteiger partial charge in [-0.2, -0.15) is 0 Å². The zero-order valence-electron chi connectivity index (χ0n) is 13.1. The van der Waals surface area contributed by atoms with Gasteiger partial charge < -0.3 is 15.0 Å². The highest BCUT2D eigenvalue weighted by Crippen LogP contribution is 2.25. The van der Waals surface area contributed by atoms with Crippen LogP contribution in [-0.2, 0) is 16.0 Å². The van der Waals surface area contributed by atoms with E-state index >= 15 is 0 Å². The predicted octanol–water partition coefficient (Wildman–Crippen LogP) is 1.24. The van der Waals surface area contributed by atoms with Gasteiger partial charge in [0.25, 0.3) is 0 Å². The van der Waals surface area contributed by atoms with Crippen molar-refractivity contribution in [2.45, 2.75) is 37.8 Å². The van der Waals surface area contributed by atoms with E-state index in [0.29, 0.717) is 0 Å². The van der Waals surface area contributed by atoms with Crippen molar-refractivity contribution >= 4 is 5.91 Å². The number of piperidine rings is 1. The van der Waals surface area contributed by atoms with Gasteiger partial charge >= 0.3 is 0 Å². The average molecular weight is 291 g/mol. The highest BCUT2D eigenvalue weighted by molar-refractivity contribution is 5.81. The molecular formula is C16H25N3O2. The lowest BCUT2D eigenvalue weighted by Crippen LogP contribution is -2.58. The third-order valence-electron chi connectivity index (χ3n) is 4.30. The quantitative estimate of drug-likeness (QED) is 0.887. The van der Waals surface area contributed by atoms with E-state index in [1.165, 1.54) is 0 Å². The summed E-state index contributed by atoms with van der Waals surface area (Å²) < 4.78 is 5.13. The van der Waals surface area contributed by atoms with Crippen LogP contribution in [-0.4, -0.2) is 54.7 Å². The second-order valence-corrected chi connectivity index (χ2v) is 5.95. The summed E-state index contributed by atoms with van der Waals surface area (Å²) in [6.45, 7) is 3.74. The number of rotatable bonds is 5. The summed E-state index contributed by atoms with van der Waals surface area (Å²) in [5.41, 5.74) is 0.803. The zero-order valence-corrected chi connectivity index (χ0v) is 13.1. The summed E-state index contributed by atoms with van der Waals surface area (Å²) in [5.74, 6) is -0.0435. The normalized spacial score (nSPS) is 20.0. The van der Waals surface area contributed by atoms with Gasteiger partial charge in [0.1, 0.15) is 6.10 Å². The first-order chi connectivity index (χ1) is 10.0. The van der Waals surface area contributed by atoms with E-state index < -0.39 is 6.10 Å². The number of aromatic nitrogens is 1. The molecule has 1 fully saturated rings. The van der Waals surface area contributed by atoms with Crippen molar-refractivity contribution in [2.75, 3.05) is 27.2 Å². The van der Waals surface area contributed by atoms with Gasteiger partial charge in [-0.3, -0.25) is 9.78 Å². The maximum absolute atomic E-state index is 12.2. The summed E-state index contributed by atoms with van der Waals surface area (Å²) in [7, 11) is 3.68. The fraction of sp³-hybridized carbons (Fsp3) is 0.625. The van der Waals surface area contributed by atoms with Gasteiger partial charge in [0.05, 0.1) is 0 Å². The Morgan fingerprint density at radius 3 is 2.76 bits per heavy atom. The Kier molecular flexibility index (Phi) is 5.31. The van der Waals surface area contributed by atoms with Gasteiger partial charge in [0.2, 0.25) is 5.91 Å². The summed E-state index contributed by atoms with van der Waals surface area (Å²) >= 11 is 0. The molecule has 116 valence electrons. The van der Waals surface area contributed by atoms with Crippen molar-refractivity contribution in [3.8, 4) is 0 Å². The van der Waals surface area contributed by atoms with Gasteiger partial charge in [-0.1, -0.05) is 6.07 Å². The Bertz CT molecular complexity index is 456. The van der Waals surface area contributed by atoms with Crippen molar-refractivity contribution in [1.29, 1.82) is 0 Å². The van der Waals surface area contributed by atoms with E-state index in [0.717, 1.165) is 38.0 Å². The SMILES string of the molecule is COC(C)C(=O)NC1(Cc2ccccn2)CCN(C)CC1. The minimum atomic E-state index is -0.426. The number of hydrogen-bond donors (Lipinski definition) is 1. The molecule has 21 heavy (non-hydrogen) atoms. The summed E-state index contributed by atoms with van der Waals surface area (Å²) in [6, 6.07) is 5.92. The second kappa shape index (κ2) is 7.00. The molecule has 5 heteroatoms. The number of amides is 1. The number of carbonyl (C=O) groups is 1. The van der Waals surface area contributed by atoms with E-state index in [2.05, 4.69) is 22.2 Å². The largest absolute Gasteiger partial charge is 0.372 e. The fourth-order valence-corrected chi connectivity index (χ4v) is 2.71. The molecule has 1 aromatic heterocycles. The van der Waals surface area contributed by atoms with Crippen LogP contribution in [0.2, 0.25) is 0 Å². The van der Waals surface area contributed by atoms with Crippen molar-refractivity contribution in [2.24, 2.45) is 0 Å². The standard InChI is InChI=1S/C16H25N3O2/c1-13(21-3)15(20)18-16(7-10-19(2)11-8-16)12-14-6-4-5-9-17-14/h4-6,9,13H,7-8,10-12H2,1-3H3,(H,18,20). The molecule has 5 nitrogen and oxygen atoms in total. The molecular weight excluding hydrogens is 266 g/mol. The van der Waals surface area contributed by atoms with E-state index in [4.69, 9.17) is 4.74 Å². The monoisotopic (exact) mass is 291 g/mol. The minimum absolute atomic E-state index is 0.0435. The molecule has 0 aromatic carbocycles. The van der Waals surface area contributed by atoms with E-state index in [1.54, 1.807) is 20.2 Å². The van der Waals surface area contributed by atoms with Gasteiger partial charge in [0, 0.05) is 44.0 Å². The zero-order chi connectivity index (χ0) is 15.3. The van der Waals surface area contributed by atoms with Crippen LogP contribution in [0.1, 0.15) is 25.5 Å². The summed E-state index contributed by atoms with van der Waals surface area (Å²) in [4.78, 5) is 19.0. The second-order valence-electron chi connectivity index (χ2n) is 5.95. The molecule has 1 amide bonds. The molecule has 0 spiro atoms. The van der Waals surface area contributed by atoms with Crippen LogP contribution in [0.15, 0.2) is 24.4 Å². The molecule has 2 heterocycles. The van der Waals surface area contributed by atoms with Crippen LogP contribution in [0.25, 0.3) is 0 Å². The minimum Gasteiger partial charge on any atom is -0.372 e. The van der Waals surface area contributed by atoms with Crippen molar-refractivity contribution in [3.63, 3.8) is 0 Å². The van der Waals surface area contributed by atoms with Gasteiger partial charge in [-0.25, -0.2) is 0 Å². The molecule has 1 saturated heterocycles. The number of methoxy groups -OCH3 is 1. The molecule has 1 N–H and O–H groups in total. The number of carbonyl (C=O) groups excluding carboxylic acids is 1. The smallest absolute Gasteiger partial charge is 0.249 e. The molecule has 1 unspecified atom stereocenters. The fourth-order valence-electron chi connectivity index (χ4n) is 2.71. The molecule has 2 rings (SSSR count). The molecule has 1 atom stereocenters. The van der Waals surface area contributed by atoms with Crippen LogP contribution >= 0.6 is 0 Å². The van der Waals surface area contributed by atoms with Gasteiger partial charge in [-0.05, 0) is 38.9 Å². The Balaban J connectivity index is 2.13. The maximum Gasteiger partial charge on any atom is 0.249 e. The molecule has 0 radical (unpaired) electrons. The van der Waals surface area contributed by atoms with Crippen LogP contribution in [0, 0.1) is 0 Å². The lowest BCUT2D eigenvalue weighted by molar-refractivity contribution is -0.132. The van der Waals surface area contributed by atoms with E-state index in [-0.39, 0.29) is 11.4 Å². The third-order valence-corrected chi connectivity index (χ3v) is 4.30. The number of nitrogens with zero attached hydrogens (tertiary/aromatic N) is 2. The molecule has 0 saturated carbocycles. The maximum atomic E-state index is 12.2. The Morgan fingerprint density at radius 2 is 2.19 bits per heavy atom. The highest BCUT2D eigenvalue weighted by Gasteiger charge is 2.36. The summed E-state index contributed by atoms with van der Waals surface area (Å²) in [6.07, 6.45) is 4.01. The molecule has 1 aromatic rings. The van der Waals surface area contributed by atoms with Crippen LogP contribution in [0.5, 0.6) is 0 Å². The molecule has 0 aliphatic carbocycles. The lowest BCUT2D eigenvalue weighted by Gasteiger charge is -2.41. The van der Waals surface area contributed by atoms with Crippen molar-refractivity contribution in [1.82, 2.24) is 15.2 Å². The van der Waals surface area contributed by atoms with Crippen LogP contribution < -0.4 is 5.32 Å². The Hall–Kier alpha value is -1.46. The number of likely N-dealkylation sites (tertiary alicyclic amines) is 1. The number of ether oxygens (including phenoxy) is 1. The van der Waals surface area contributed by atoms with Crippen LogP contribution in [0.3, 0.4) is 0 Å². The van der Waals surface area contributed by atoms with Crippen molar-refractivity contribution < 1.29 is 9.53 Å². The Labute approximate surface area is 126 Å². The number of nitrogens with one attached hydrogen (secondary N) is 1. The Morgan fingerprint density at radius 1 is 1.48 bits per heavy atom. The van der Waals surface area contributed by atoms with E-state index in [1.807, 2.05) is 18.2 Å². The predicted molar refractivity (Wildman–Crippen MR) is 82.0 cm³/mol. The first kappa shape index (κ1) is 15.9. The van der Waals surface area contributed by atoms with Crippen molar-refractivity contribution in [3.05, 3.63) is 30.1 Å². The van der Waals surface area contributed by atoms with Crippen LogP contribution in [0.4, 0.5) is 0 Å². The topological polar surface area (TPSA) is 54.5 Å². The number of hydrogen-bond acceptors (Lipinski definition) is 4. The first-order valence-electron chi connectivity index (χ1n) is 7.48. The lowest BCUT2D eigenvalue weighted by atomic mass is 9.83. The average Bonchev–Trinajstić information content (AvgIpc) is 2.50. The van der Waals surface area contributed by atoms with Gasteiger partial charge in [0.15, 0.2) is 0 Å². The van der Waals surface area contributed by atoms with Gasteiger partial charge in [-0.15, -0.1) is 0 Å². The molecule has 1 aliphatic rings.